The molecule has 6 amide bonds. The third kappa shape index (κ3) is 12.4. The van der Waals surface area contributed by atoms with Crippen molar-refractivity contribution in [3.63, 3.8) is 0 Å². The van der Waals surface area contributed by atoms with E-state index in [0.29, 0.717) is 89.6 Å². The van der Waals surface area contributed by atoms with Crippen LogP contribution in [0.3, 0.4) is 0 Å². The van der Waals surface area contributed by atoms with E-state index in [1.165, 1.54) is 40.0 Å². The molecule has 382 valence electrons. The van der Waals surface area contributed by atoms with E-state index in [0.717, 1.165) is 18.4 Å². The summed E-state index contributed by atoms with van der Waals surface area (Å²) >= 11 is 0. The SMILES string of the molecule is C=Nc1cc(OCCCC(=O)Nc2cn(C)c(C(=O)Nc3cc(C(=O)Nc4cc(C(=O)n5ccc6cc(NC(=O)[C@H](CCCCN)NC(C)=O)ccc65)n(C)c4)n(C)c3)n2)c(OC)cc1C(=O)N1CCC(=C)C1. The van der Waals surface area contributed by atoms with E-state index >= 15 is 0 Å². The number of nitrogens with one attached hydrogen (secondary N) is 5. The number of nitrogens with zero attached hydrogens (tertiary/aromatic N) is 7. The van der Waals surface area contributed by atoms with Gasteiger partial charge >= 0.3 is 0 Å². The molecule has 7 rings (SSSR count). The van der Waals surface area contributed by atoms with Crippen molar-refractivity contribution in [2.24, 2.45) is 31.9 Å². The quantitative estimate of drug-likeness (QED) is 0.0304. The Morgan fingerprint density at radius 2 is 1.53 bits per heavy atom. The molecule has 1 atom stereocenters. The van der Waals surface area contributed by atoms with Crippen molar-refractivity contribution in [3.05, 3.63) is 108 Å². The molecule has 0 bridgehead atoms. The van der Waals surface area contributed by atoms with Gasteiger partial charge in [-0.2, -0.15) is 0 Å². The van der Waals surface area contributed by atoms with Crippen LogP contribution >= 0.6 is 0 Å². The molecule has 22 nitrogen and oxygen atoms in total. The second kappa shape index (κ2) is 23.0. The summed E-state index contributed by atoms with van der Waals surface area (Å²) in [6.45, 7) is 10.6. The topological polar surface area (TPSA) is 272 Å². The zero-order valence-electron chi connectivity index (χ0n) is 41.4. The number of anilines is 4. The zero-order chi connectivity index (χ0) is 52.5. The van der Waals surface area contributed by atoms with Crippen LogP contribution < -0.4 is 41.8 Å². The fourth-order valence-corrected chi connectivity index (χ4v) is 8.39. The highest BCUT2D eigenvalue weighted by Crippen LogP contribution is 2.36. The van der Waals surface area contributed by atoms with Crippen LogP contribution in [0.4, 0.5) is 28.6 Å². The molecule has 22 heteroatoms. The number of benzene rings is 2. The van der Waals surface area contributed by atoms with Crippen LogP contribution in [0.5, 0.6) is 11.5 Å². The molecule has 1 aliphatic rings. The number of likely N-dealkylation sites (tertiary alicyclic amines) is 1. The van der Waals surface area contributed by atoms with E-state index in [1.807, 2.05) is 0 Å². The van der Waals surface area contributed by atoms with Gasteiger partial charge in [-0.1, -0.05) is 12.2 Å². The molecule has 0 spiro atoms. The Labute approximate surface area is 420 Å². The Hall–Kier alpha value is -8.79. The first-order valence-electron chi connectivity index (χ1n) is 23.5. The Morgan fingerprint density at radius 1 is 0.808 bits per heavy atom. The van der Waals surface area contributed by atoms with Crippen LogP contribution in [0, 0.1) is 0 Å². The number of methoxy groups -OCH3 is 1. The highest BCUT2D eigenvalue weighted by Gasteiger charge is 2.27. The summed E-state index contributed by atoms with van der Waals surface area (Å²) in [5.41, 5.74) is 9.47. The Morgan fingerprint density at radius 3 is 2.22 bits per heavy atom. The van der Waals surface area contributed by atoms with Gasteiger partial charge in [0.2, 0.25) is 23.5 Å². The Bertz CT molecular complexity index is 3140. The summed E-state index contributed by atoms with van der Waals surface area (Å²) in [7, 11) is 6.39. The van der Waals surface area contributed by atoms with Crippen molar-refractivity contribution in [2.75, 3.05) is 54.6 Å². The number of aryl methyl sites for hydroxylation is 3. The third-order valence-corrected chi connectivity index (χ3v) is 12.1. The number of amides is 6. The van der Waals surface area contributed by atoms with Gasteiger partial charge < -0.3 is 60.4 Å². The summed E-state index contributed by atoms with van der Waals surface area (Å²) in [6.07, 6.45) is 9.24. The first-order chi connectivity index (χ1) is 35.0. The van der Waals surface area contributed by atoms with Gasteiger partial charge in [-0.3, -0.25) is 43.1 Å². The summed E-state index contributed by atoms with van der Waals surface area (Å²) in [6, 6.07) is 12.3. The normalized spacial score (nSPS) is 12.6. The average Bonchev–Trinajstić information content (AvgIpc) is 4.21. The van der Waals surface area contributed by atoms with Gasteiger partial charge in [0.15, 0.2) is 17.3 Å². The Balaban J connectivity index is 0.905. The van der Waals surface area contributed by atoms with Crippen LogP contribution in [-0.4, -0.2) is 116 Å². The van der Waals surface area contributed by atoms with E-state index in [2.05, 4.69) is 49.9 Å². The summed E-state index contributed by atoms with van der Waals surface area (Å²) < 4.78 is 17.5. The van der Waals surface area contributed by atoms with Crippen LogP contribution in [0.1, 0.15) is 87.4 Å². The van der Waals surface area contributed by atoms with Crippen LogP contribution in [0.15, 0.2) is 90.5 Å². The van der Waals surface area contributed by atoms with Gasteiger partial charge in [0.25, 0.3) is 23.6 Å². The lowest BCUT2D eigenvalue weighted by atomic mass is 10.1. The third-order valence-electron chi connectivity index (χ3n) is 12.1. The van der Waals surface area contributed by atoms with E-state index in [9.17, 15) is 33.6 Å². The van der Waals surface area contributed by atoms with Gasteiger partial charge in [-0.15, -0.1) is 0 Å². The molecule has 1 aliphatic heterocycles. The van der Waals surface area contributed by atoms with Crippen molar-refractivity contribution in [2.45, 2.75) is 51.5 Å². The molecule has 5 heterocycles. The van der Waals surface area contributed by atoms with E-state index < -0.39 is 17.9 Å². The van der Waals surface area contributed by atoms with Gasteiger partial charge in [0, 0.05) is 89.5 Å². The number of imidazole rings is 1. The fraction of sp³-hybridized carbons (Fsp3) is 0.314. The second-order valence-electron chi connectivity index (χ2n) is 17.6. The van der Waals surface area contributed by atoms with Crippen molar-refractivity contribution in [1.29, 1.82) is 0 Å². The van der Waals surface area contributed by atoms with Crippen molar-refractivity contribution in [3.8, 4) is 11.5 Å². The smallest absolute Gasteiger partial charge is 0.291 e. The van der Waals surface area contributed by atoms with Crippen molar-refractivity contribution < 1.29 is 43.0 Å². The molecule has 6 aromatic rings. The molecular formula is C51H59N13O9. The molecular weight excluding hydrogens is 939 g/mol. The predicted octanol–water partition coefficient (Wildman–Crippen LogP) is 5.36. The number of rotatable bonds is 21. The number of aliphatic imine (C=N–C) groups is 1. The number of carbonyl (C=O) groups is 7. The minimum absolute atomic E-state index is 0.00507. The van der Waals surface area contributed by atoms with Gasteiger partial charge in [-0.25, -0.2) is 4.98 Å². The lowest BCUT2D eigenvalue weighted by molar-refractivity contribution is -0.125. The predicted molar refractivity (Wildman–Crippen MR) is 276 cm³/mol. The van der Waals surface area contributed by atoms with Crippen LogP contribution in [0.25, 0.3) is 10.9 Å². The maximum absolute atomic E-state index is 13.9. The first kappa shape index (κ1) is 52.0. The molecule has 0 unspecified atom stereocenters. The maximum atomic E-state index is 13.9. The molecule has 0 aliphatic carbocycles. The minimum Gasteiger partial charge on any atom is -0.493 e. The number of nitrogens with two attached hydrogens (primary N) is 1. The number of ether oxygens (including phenoxy) is 2. The second-order valence-corrected chi connectivity index (χ2v) is 17.6. The van der Waals surface area contributed by atoms with Crippen LogP contribution in [0.2, 0.25) is 0 Å². The monoisotopic (exact) mass is 997 g/mol. The highest BCUT2D eigenvalue weighted by atomic mass is 16.5. The molecule has 73 heavy (non-hydrogen) atoms. The molecule has 1 fully saturated rings. The van der Waals surface area contributed by atoms with Gasteiger partial charge in [0.1, 0.15) is 17.4 Å². The number of fused-ring (bicyclic) bond motifs is 1. The van der Waals surface area contributed by atoms with Crippen molar-refractivity contribution >= 4 is 87.5 Å². The minimum atomic E-state index is -0.721. The molecule has 2 aromatic carbocycles. The number of hydrogen-bond acceptors (Lipinski definition) is 12. The van der Waals surface area contributed by atoms with E-state index in [4.69, 9.17) is 15.2 Å². The van der Waals surface area contributed by atoms with Crippen molar-refractivity contribution in [1.82, 2.24) is 33.5 Å². The molecule has 1 saturated heterocycles. The number of hydrogen-bond donors (Lipinski definition) is 6. The van der Waals surface area contributed by atoms with E-state index in [1.54, 1.807) is 91.7 Å². The number of aromatic nitrogens is 5. The number of carbonyl (C=O) groups excluding carboxylic acids is 7. The highest BCUT2D eigenvalue weighted by molar-refractivity contribution is 6.08. The lowest BCUT2D eigenvalue weighted by Crippen LogP contribution is -2.42. The summed E-state index contributed by atoms with van der Waals surface area (Å²) in [5, 5.41) is 14.5. The molecule has 0 radical (unpaired) electrons. The first-order valence-corrected chi connectivity index (χ1v) is 23.5. The van der Waals surface area contributed by atoms with Gasteiger partial charge in [-0.05, 0) is 87.8 Å². The molecule has 7 N–H and O–H groups in total. The molecule has 4 aromatic heterocycles. The zero-order valence-corrected chi connectivity index (χ0v) is 41.4. The largest absolute Gasteiger partial charge is 0.493 e. The number of unbranched alkanes of at least 4 members (excludes halogenated alkanes) is 1. The molecule has 0 saturated carbocycles. The van der Waals surface area contributed by atoms with Crippen LogP contribution in [-0.2, 0) is 35.5 Å². The lowest BCUT2D eigenvalue weighted by Gasteiger charge is -2.18. The van der Waals surface area contributed by atoms with Gasteiger partial charge in [0.05, 0.1) is 41.9 Å². The summed E-state index contributed by atoms with van der Waals surface area (Å²) in [4.78, 5) is 102. The maximum Gasteiger partial charge on any atom is 0.291 e. The van der Waals surface area contributed by atoms with E-state index in [-0.39, 0.29) is 65.6 Å². The standard InChI is InChI=1S/C51H59N13O9/c1-30-15-18-63(26-30)50(70)36-24-42(72-7)43(25-38(36)53-3)73-20-10-12-45(66)58-44-29-62(6)46(59-44)49(69)57-34-22-40(60(4)27-34)48(68)56-35-23-41(61(5)28-35)51(71)64-19-16-32-21-33(13-14-39(32)64)55-47(67)37(54-31(2)65)11-8-9-17-52/h13-14,16,19,21-25,27-29,37H,1,3,8-12,15,17-18,20,26,52H2,2,4-7H3,(H,54,65)(H,55,67)(H,56,68)(H,57,69)(H,58,66)/t37-/m0/s1. The summed E-state index contributed by atoms with van der Waals surface area (Å²) in [5.74, 6) is -1.89. The Kier molecular flexibility index (Phi) is 16.4. The fourth-order valence-electron chi connectivity index (χ4n) is 8.39. The average molecular weight is 998 g/mol.